The van der Waals surface area contributed by atoms with Crippen LogP contribution in [0.1, 0.15) is 33.1 Å². The van der Waals surface area contributed by atoms with Crippen LogP contribution in [0.5, 0.6) is 0 Å². The second kappa shape index (κ2) is 7.36. The quantitative estimate of drug-likeness (QED) is 0.800. The summed E-state index contributed by atoms with van der Waals surface area (Å²) in [5, 5.41) is 2.64. The van der Waals surface area contributed by atoms with E-state index in [-0.39, 0.29) is 18.4 Å². The number of rotatable bonds is 5. The van der Waals surface area contributed by atoms with Gasteiger partial charge in [-0.15, -0.1) is 0 Å². The minimum atomic E-state index is -0.109. The molecule has 0 radical (unpaired) electrons. The van der Waals surface area contributed by atoms with Crippen LogP contribution in [0.3, 0.4) is 0 Å². The van der Waals surface area contributed by atoms with Crippen LogP contribution in [0.15, 0.2) is 0 Å². The van der Waals surface area contributed by atoms with E-state index in [1.54, 1.807) is 4.90 Å². The molecule has 1 heterocycles. The van der Waals surface area contributed by atoms with Crippen LogP contribution in [0, 0.1) is 0 Å². The molecule has 0 aromatic rings. The van der Waals surface area contributed by atoms with Crippen LogP contribution in [0.2, 0.25) is 0 Å². The van der Waals surface area contributed by atoms with Crippen LogP contribution in [-0.4, -0.2) is 60.9 Å². The van der Waals surface area contributed by atoms with Crippen LogP contribution >= 0.6 is 0 Å². The van der Waals surface area contributed by atoms with Crippen molar-refractivity contribution >= 4 is 11.8 Å². The van der Waals surface area contributed by atoms with E-state index in [2.05, 4.69) is 24.2 Å². The smallest absolute Gasteiger partial charge is 0.317 e. The van der Waals surface area contributed by atoms with Crippen molar-refractivity contribution < 1.29 is 9.59 Å². The number of urea groups is 1. The summed E-state index contributed by atoms with van der Waals surface area (Å²) in [5.41, 5.74) is 0. The van der Waals surface area contributed by atoms with Gasteiger partial charge in [-0.2, -0.15) is 0 Å². The number of carbonyl (C=O) groups excluding carboxylic acids is 2. The van der Waals surface area contributed by atoms with Gasteiger partial charge in [0.1, 0.15) is 5.78 Å². The van der Waals surface area contributed by atoms with Crippen LogP contribution in [-0.2, 0) is 4.79 Å². The summed E-state index contributed by atoms with van der Waals surface area (Å²) in [4.78, 5) is 26.7. The van der Waals surface area contributed by atoms with Crippen molar-refractivity contribution in [3.05, 3.63) is 0 Å². The van der Waals surface area contributed by atoms with E-state index in [0.29, 0.717) is 6.04 Å². The van der Waals surface area contributed by atoms with Gasteiger partial charge < -0.3 is 15.1 Å². The molecule has 1 N–H and O–H groups in total. The molecule has 1 aliphatic heterocycles. The van der Waals surface area contributed by atoms with Crippen molar-refractivity contribution in [1.29, 1.82) is 0 Å². The van der Waals surface area contributed by atoms with E-state index >= 15 is 0 Å². The van der Waals surface area contributed by atoms with E-state index in [9.17, 15) is 9.59 Å². The summed E-state index contributed by atoms with van der Waals surface area (Å²) in [7, 11) is 2.15. The molecule has 104 valence electrons. The first-order valence-corrected chi connectivity index (χ1v) is 6.77. The number of hydrogen-bond donors (Lipinski definition) is 1. The van der Waals surface area contributed by atoms with Gasteiger partial charge in [-0.05, 0) is 39.8 Å². The van der Waals surface area contributed by atoms with Gasteiger partial charge in [0.2, 0.25) is 0 Å². The second-order valence-corrected chi connectivity index (χ2v) is 5.06. The Kier molecular flexibility index (Phi) is 6.12. The predicted molar refractivity (Wildman–Crippen MR) is 71.6 cm³/mol. The molecule has 0 atom stereocenters. The Hall–Kier alpha value is -1.10. The van der Waals surface area contributed by atoms with Gasteiger partial charge in [0.25, 0.3) is 0 Å². The largest absolute Gasteiger partial charge is 0.331 e. The highest BCUT2D eigenvalue weighted by atomic mass is 16.2. The van der Waals surface area contributed by atoms with Gasteiger partial charge in [-0.3, -0.25) is 4.79 Å². The van der Waals surface area contributed by atoms with Crippen molar-refractivity contribution in [2.24, 2.45) is 0 Å². The molecule has 0 saturated carbocycles. The molecule has 1 fully saturated rings. The molecule has 1 aliphatic rings. The minimum Gasteiger partial charge on any atom is -0.331 e. The fraction of sp³-hybridized carbons (Fsp3) is 0.846. The highest BCUT2D eigenvalue weighted by molar-refractivity contribution is 5.83. The first kappa shape index (κ1) is 15.0. The molecule has 0 unspecified atom stereocenters. The number of nitrogens with one attached hydrogen (secondary N) is 1. The third-order valence-electron chi connectivity index (χ3n) is 3.44. The molecule has 0 aliphatic carbocycles. The molecule has 0 aromatic heterocycles. The Bertz CT molecular complexity index is 286. The van der Waals surface area contributed by atoms with E-state index in [0.717, 1.165) is 38.9 Å². The molecule has 0 bridgehead atoms. The van der Waals surface area contributed by atoms with E-state index in [4.69, 9.17) is 0 Å². The van der Waals surface area contributed by atoms with Crippen molar-refractivity contribution in [1.82, 2.24) is 15.1 Å². The first-order chi connectivity index (χ1) is 8.54. The predicted octanol–water partition coefficient (Wildman–Crippen LogP) is 1.09. The SMILES string of the molecule is CCCN(C)C1CCN(C(=O)NCC(C)=O)CC1. The average Bonchev–Trinajstić information content (AvgIpc) is 2.36. The molecule has 0 aromatic carbocycles. The third-order valence-corrected chi connectivity index (χ3v) is 3.44. The summed E-state index contributed by atoms with van der Waals surface area (Å²) < 4.78 is 0. The lowest BCUT2D eigenvalue weighted by Crippen LogP contribution is -2.49. The molecule has 18 heavy (non-hydrogen) atoms. The number of piperidine rings is 1. The number of likely N-dealkylation sites (tertiary alicyclic amines) is 1. The zero-order valence-corrected chi connectivity index (χ0v) is 11.7. The molecule has 5 heteroatoms. The van der Waals surface area contributed by atoms with Gasteiger partial charge in [0.05, 0.1) is 6.54 Å². The van der Waals surface area contributed by atoms with Gasteiger partial charge in [-0.1, -0.05) is 6.92 Å². The van der Waals surface area contributed by atoms with E-state index in [1.165, 1.54) is 6.92 Å². The molecule has 1 saturated heterocycles. The highest BCUT2D eigenvalue weighted by Gasteiger charge is 2.24. The summed E-state index contributed by atoms with van der Waals surface area (Å²) in [6, 6.07) is 0.476. The van der Waals surface area contributed by atoms with Crippen LogP contribution in [0.25, 0.3) is 0 Å². The Morgan fingerprint density at radius 2 is 1.94 bits per heavy atom. The lowest BCUT2D eigenvalue weighted by atomic mass is 10.0. The Morgan fingerprint density at radius 1 is 1.33 bits per heavy atom. The highest BCUT2D eigenvalue weighted by Crippen LogP contribution is 2.15. The standard InChI is InChI=1S/C13H25N3O2/c1-4-7-15(3)12-5-8-16(9-6-12)13(18)14-10-11(2)17/h12H,4-10H2,1-3H3,(H,14,18). The number of ketones is 1. The van der Waals surface area contributed by atoms with Crippen molar-refractivity contribution in [3.63, 3.8) is 0 Å². The molecule has 2 amide bonds. The summed E-state index contributed by atoms with van der Waals surface area (Å²) in [6.45, 7) is 6.47. The molecule has 1 rings (SSSR count). The Labute approximate surface area is 110 Å². The number of amides is 2. The second-order valence-electron chi connectivity index (χ2n) is 5.06. The fourth-order valence-electron chi connectivity index (χ4n) is 2.36. The minimum absolute atomic E-state index is 0.0130. The maximum Gasteiger partial charge on any atom is 0.317 e. The Balaban J connectivity index is 2.30. The number of nitrogens with zero attached hydrogens (tertiary/aromatic N) is 2. The maximum atomic E-state index is 11.8. The van der Waals surface area contributed by atoms with Gasteiger partial charge >= 0.3 is 6.03 Å². The van der Waals surface area contributed by atoms with Crippen molar-refractivity contribution in [2.45, 2.75) is 39.2 Å². The molecular weight excluding hydrogens is 230 g/mol. The van der Waals surface area contributed by atoms with Gasteiger partial charge in [0, 0.05) is 19.1 Å². The van der Waals surface area contributed by atoms with Gasteiger partial charge in [-0.25, -0.2) is 4.79 Å². The maximum absolute atomic E-state index is 11.8. The normalized spacial score (nSPS) is 17.0. The monoisotopic (exact) mass is 255 g/mol. The molecule has 0 spiro atoms. The number of Topliss-reactive ketones (excluding diaryl/α,β-unsaturated/α-hetero) is 1. The fourth-order valence-corrected chi connectivity index (χ4v) is 2.36. The van der Waals surface area contributed by atoms with Crippen molar-refractivity contribution in [2.75, 3.05) is 33.2 Å². The molecule has 5 nitrogen and oxygen atoms in total. The number of carbonyl (C=O) groups is 2. The first-order valence-electron chi connectivity index (χ1n) is 6.77. The Morgan fingerprint density at radius 3 is 2.44 bits per heavy atom. The molecular formula is C13H25N3O2. The van der Waals surface area contributed by atoms with Crippen LogP contribution < -0.4 is 5.32 Å². The average molecular weight is 255 g/mol. The van der Waals surface area contributed by atoms with Gasteiger partial charge in [0.15, 0.2) is 0 Å². The lowest BCUT2D eigenvalue weighted by Gasteiger charge is -2.36. The van der Waals surface area contributed by atoms with E-state index < -0.39 is 0 Å². The topological polar surface area (TPSA) is 52.6 Å². The third kappa shape index (κ3) is 4.64. The van der Waals surface area contributed by atoms with E-state index in [1.807, 2.05) is 0 Å². The summed E-state index contributed by atoms with van der Waals surface area (Å²) >= 11 is 0. The summed E-state index contributed by atoms with van der Waals surface area (Å²) in [5.74, 6) is -0.0130. The lowest BCUT2D eigenvalue weighted by molar-refractivity contribution is -0.116. The zero-order valence-electron chi connectivity index (χ0n) is 11.7. The zero-order chi connectivity index (χ0) is 13.5. The summed E-state index contributed by atoms with van der Waals surface area (Å²) in [6.07, 6.45) is 3.20. The van der Waals surface area contributed by atoms with Crippen molar-refractivity contribution in [3.8, 4) is 0 Å². The van der Waals surface area contributed by atoms with Crippen LogP contribution in [0.4, 0.5) is 4.79 Å². The number of hydrogen-bond acceptors (Lipinski definition) is 3.